The number of aromatic hydroxyl groups is 1. The molecule has 2 aromatic carbocycles. The summed E-state index contributed by atoms with van der Waals surface area (Å²) in [4.78, 5) is 29.8. The normalized spacial score (nSPS) is 17.3. The molecule has 1 amide bonds. The number of benzene rings is 2. The van der Waals surface area contributed by atoms with Crippen molar-refractivity contribution in [3.05, 3.63) is 58.7 Å². The van der Waals surface area contributed by atoms with Gasteiger partial charge in [-0.3, -0.25) is 9.59 Å². The third-order valence-electron chi connectivity index (χ3n) is 6.13. The minimum Gasteiger partial charge on any atom is -0.507 e. The lowest BCUT2D eigenvalue weighted by Crippen LogP contribution is -2.35. The molecule has 0 radical (unpaired) electrons. The predicted octanol–water partition coefficient (Wildman–Crippen LogP) is 4.30. The summed E-state index contributed by atoms with van der Waals surface area (Å²) in [6.07, 6.45) is 0. The molecule has 0 aliphatic carbocycles. The molecule has 0 aromatic heterocycles. The van der Waals surface area contributed by atoms with E-state index >= 15 is 0 Å². The van der Waals surface area contributed by atoms with Crippen LogP contribution in [-0.2, 0) is 9.59 Å². The Labute approximate surface area is 212 Å². The number of ketones is 1. The Balaban J connectivity index is 2.20. The minimum atomic E-state index is -0.834. The first-order valence-corrected chi connectivity index (χ1v) is 12.3. The first-order valence-electron chi connectivity index (χ1n) is 12.3. The van der Waals surface area contributed by atoms with Crippen LogP contribution in [-0.4, -0.2) is 72.1 Å². The van der Waals surface area contributed by atoms with Crippen molar-refractivity contribution in [1.29, 1.82) is 0 Å². The first kappa shape index (κ1) is 27.1. The van der Waals surface area contributed by atoms with Gasteiger partial charge in [-0.25, -0.2) is 0 Å². The zero-order valence-corrected chi connectivity index (χ0v) is 21.9. The third kappa shape index (κ3) is 5.49. The zero-order valence-electron chi connectivity index (χ0n) is 21.9. The number of amides is 1. The van der Waals surface area contributed by atoms with E-state index in [0.29, 0.717) is 36.6 Å². The van der Waals surface area contributed by atoms with E-state index in [9.17, 15) is 19.8 Å². The Morgan fingerprint density at radius 3 is 2.31 bits per heavy atom. The number of rotatable bonds is 10. The second kappa shape index (κ2) is 11.5. The Hall–Kier alpha value is -3.52. The van der Waals surface area contributed by atoms with E-state index in [4.69, 9.17) is 9.47 Å². The molecule has 0 bridgehead atoms. The first-order chi connectivity index (χ1) is 17.1. The van der Waals surface area contributed by atoms with E-state index in [1.165, 1.54) is 11.0 Å². The highest BCUT2D eigenvalue weighted by Gasteiger charge is 2.46. The van der Waals surface area contributed by atoms with Crippen molar-refractivity contribution in [2.24, 2.45) is 0 Å². The van der Waals surface area contributed by atoms with Crippen molar-refractivity contribution < 1.29 is 29.3 Å². The maximum absolute atomic E-state index is 13.3. The molecule has 194 valence electrons. The summed E-state index contributed by atoms with van der Waals surface area (Å²) in [6.45, 7) is 9.40. The molecule has 2 N–H and O–H groups in total. The van der Waals surface area contributed by atoms with Crippen LogP contribution >= 0.6 is 0 Å². The molecule has 1 heterocycles. The summed E-state index contributed by atoms with van der Waals surface area (Å²) in [6, 6.07) is 9.17. The standard InChI is InChI=1S/C28H36N2O6/c1-7-35-22-12-10-19(15-20(22)17(3)4)26(32)24-25(18-9-11-21(31)23(16-18)36-8-2)30(14-13-29(5)6)28(34)27(24)33/h9-12,15-17,25,31-32H,7-8,13-14H2,1-6H3/b26-24+. The second-order valence-electron chi connectivity index (χ2n) is 9.30. The highest BCUT2D eigenvalue weighted by atomic mass is 16.5. The van der Waals surface area contributed by atoms with E-state index in [2.05, 4.69) is 0 Å². The van der Waals surface area contributed by atoms with Crippen LogP contribution in [0.25, 0.3) is 5.76 Å². The number of Topliss-reactive ketones (excluding diaryl/α,β-unsaturated/α-hetero) is 1. The van der Waals surface area contributed by atoms with Crippen molar-refractivity contribution in [3.8, 4) is 17.2 Å². The highest BCUT2D eigenvalue weighted by molar-refractivity contribution is 6.46. The molecular weight excluding hydrogens is 460 g/mol. The van der Waals surface area contributed by atoms with Crippen LogP contribution in [0.15, 0.2) is 42.0 Å². The predicted molar refractivity (Wildman–Crippen MR) is 139 cm³/mol. The number of aliphatic hydroxyl groups is 1. The van der Waals surface area contributed by atoms with Crippen LogP contribution in [0.1, 0.15) is 56.3 Å². The summed E-state index contributed by atoms with van der Waals surface area (Å²) in [5.41, 5.74) is 1.89. The fourth-order valence-corrected chi connectivity index (χ4v) is 4.33. The van der Waals surface area contributed by atoms with Gasteiger partial charge < -0.3 is 29.5 Å². The van der Waals surface area contributed by atoms with Gasteiger partial charge >= 0.3 is 0 Å². The Kier molecular flexibility index (Phi) is 8.63. The van der Waals surface area contributed by atoms with Crippen LogP contribution in [0.2, 0.25) is 0 Å². The van der Waals surface area contributed by atoms with Crippen molar-refractivity contribution in [2.45, 2.75) is 39.7 Å². The lowest BCUT2D eigenvalue weighted by Gasteiger charge is -2.27. The molecule has 3 rings (SSSR count). The number of carbonyl (C=O) groups is 2. The molecule has 1 aliphatic rings. The summed E-state index contributed by atoms with van der Waals surface area (Å²) in [5, 5.41) is 21.6. The molecule has 0 spiro atoms. The number of carbonyl (C=O) groups excluding carboxylic acids is 2. The summed E-state index contributed by atoms with van der Waals surface area (Å²) >= 11 is 0. The van der Waals surface area contributed by atoms with Gasteiger partial charge in [-0.1, -0.05) is 19.9 Å². The van der Waals surface area contributed by atoms with Crippen molar-refractivity contribution >= 4 is 17.4 Å². The molecule has 8 nitrogen and oxygen atoms in total. The highest BCUT2D eigenvalue weighted by Crippen LogP contribution is 2.42. The van der Waals surface area contributed by atoms with Gasteiger partial charge in [-0.15, -0.1) is 0 Å². The molecule has 8 heteroatoms. The Bertz CT molecular complexity index is 1150. The van der Waals surface area contributed by atoms with Crippen LogP contribution in [0.3, 0.4) is 0 Å². The molecule has 2 aromatic rings. The molecule has 1 aliphatic heterocycles. The van der Waals surface area contributed by atoms with Crippen molar-refractivity contribution in [1.82, 2.24) is 9.80 Å². The van der Waals surface area contributed by atoms with Gasteiger partial charge in [0.1, 0.15) is 11.5 Å². The lowest BCUT2D eigenvalue weighted by atomic mass is 9.93. The smallest absolute Gasteiger partial charge is 0.295 e. The van der Waals surface area contributed by atoms with Crippen LogP contribution < -0.4 is 9.47 Å². The quantitative estimate of drug-likeness (QED) is 0.287. The van der Waals surface area contributed by atoms with Gasteiger partial charge in [0, 0.05) is 18.7 Å². The van der Waals surface area contributed by atoms with E-state index in [0.717, 1.165) is 5.56 Å². The number of hydrogen-bond acceptors (Lipinski definition) is 7. The number of likely N-dealkylation sites (tertiary alicyclic amines) is 1. The van der Waals surface area contributed by atoms with Gasteiger partial charge in [-0.2, -0.15) is 0 Å². The van der Waals surface area contributed by atoms with Gasteiger partial charge in [0.2, 0.25) is 0 Å². The van der Waals surface area contributed by atoms with Crippen LogP contribution in [0, 0.1) is 0 Å². The average molecular weight is 497 g/mol. The van der Waals surface area contributed by atoms with Gasteiger partial charge in [-0.05, 0) is 75.3 Å². The largest absolute Gasteiger partial charge is 0.507 e. The summed E-state index contributed by atoms with van der Waals surface area (Å²) < 4.78 is 11.3. The number of phenolic OH excluding ortho intramolecular Hbond substituents is 1. The molecule has 1 atom stereocenters. The molecule has 0 saturated carbocycles. The maximum atomic E-state index is 13.3. The fraction of sp³-hybridized carbons (Fsp3) is 0.429. The Morgan fingerprint density at radius 2 is 1.69 bits per heavy atom. The number of hydrogen-bond donors (Lipinski definition) is 2. The molecular formula is C28H36N2O6. The topological polar surface area (TPSA) is 99.5 Å². The van der Waals surface area contributed by atoms with Crippen molar-refractivity contribution in [2.75, 3.05) is 40.4 Å². The van der Waals surface area contributed by atoms with Gasteiger partial charge in [0.05, 0.1) is 24.8 Å². The number of phenols is 1. The number of aliphatic hydroxyl groups excluding tert-OH is 1. The SMILES string of the molecule is CCOc1cc(C2/C(=C(\O)c3ccc(OCC)c(C(C)C)c3)C(=O)C(=O)N2CCN(C)C)ccc1O. The molecule has 1 unspecified atom stereocenters. The van der Waals surface area contributed by atoms with Crippen molar-refractivity contribution in [3.63, 3.8) is 0 Å². The number of nitrogens with zero attached hydrogens (tertiary/aromatic N) is 2. The zero-order chi connectivity index (χ0) is 26.6. The average Bonchev–Trinajstić information content (AvgIpc) is 3.09. The summed E-state index contributed by atoms with van der Waals surface area (Å²) in [5.74, 6) is -0.640. The van der Waals surface area contributed by atoms with Crippen LogP contribution in [0.5, 0.6) is 17.2 Å². The molecule has 1 fully saturated rings. The van der Waals surface area contributed by atoms with E-state index < -0.39 is 17.7 Å². The number of likely N-dealkylation sites (N-methyl/N-ethyl adjacent to an activating group) is 1. The lowest BCUT2D eigenvalue weighted by molar-refractivity contribution is -0.140. The Morgan fingerprint density at radius 1 is 1.03 bits per heavy atom. The monoisotopic (exact) mass is 496 g/mol. The van der Waals surface area contributed by atoms with Gasteiger partial charge in [0.15, 0.2) is 11.5 Å². The number of ether oxygens (including phenoxy) is 2. The third-order valence-corrected chi connectivity index (χ3v) is 6.13. The van der Waals surface area contributed by atoms with Crippen LogP contribution in [0.4, 0.5) is 0 Å². The molecule has 36 heavy (non-hydrogen) atoms. The summed E-state index contributed by atoms with van der Waals surface area (Å²) in [7, 11) is 3.76. The van der Waals surface area contributed by atoms with E-state index in [-0.39, 0.29) is 35.3 Å². The second-order valence-corrected chi connectivity index (χ2v) is 9.30. The van der Waals surface area contributed by atoms with Gasteiger partial charge in [0.25, 0.3) is 11.7 Å². The fourth-order valence-electron chi connectivity index (χ4n) is 4.33. The van der Waals surface area contributed by atoms with E-state index in [1.807, 2.05) is 39.8 Å². The van der Waals surface area contributed by atoms with E-state index in [1.54, 1.807) is 37.3 Å². The maximum Gasteiger partial charge on any atom is 0.295 e. The minimum absolute atomic E-state index is 0.00533. The molecule has 1 saturated heterocycles.